The number of ketones is 1. The van der Waals surface area contributed by atoms with E-state index >= 15 is 0 Å². The summed E-state index contributed by atoms with van der Waals surface area (Å²) in [5, 5.41) is 4.22. The third-order valence-electron chi connectivity index (χ3n) is 5.12. The first-order valence-electron chi connectivity index (χ1n) is 9.59. The molecule has 1 unspecified atom stereocenters. The summed E-state index contributed by atoms with van der Waals surface area (Å²) in [6.45, 7) is 5.54. The molecule has 0 spiro atoms. The quantitative estimate of drug-likeness (QED) is 0.495. The first-order chi connectivity index (χ1) is 14.0. The number of aromatic nitrogens is 1. The van der Waals surface area contributed by atoms with Gasteiger partial charge < -0.3 is 4.84 Å². The van der Waals surface area contributed by atoms with Gasteiger partial charge in [0.1, 0.15) is 5.83 Å². The van der Waals surface area contributed by atoms with Crippen molar-refractivity contribution < 1.29 is 14.0 Å². The number of hydrogen-bond donors (Lipinski definition) is 0. The van der Waals surface area contributed by atoms with Gasteiger partial charge in [-0.25, -0.2) is 4.39 Å². The molecule has 0 N–H and O–H groups in total. The lowest BCUT2D eigenvalue weighted by Gasteiger charge is -2.16. The molecule has 0 saturated carbocycles. The van der Waals surface area contributed by atoms with Crippen molar-refractivity contribution in [1.29, 1.82) is 0 Å². The highest BCUT2D eigenvalue weighted by Gasteiger charge is 2.26. The Balaban J connectivity index is 1.70. The Bertz CT molecular complexity index is 1050. The monoisotopic (exact) mass is 388 g/mol. The highest BCUT2D eigenvalue weighted by molar-refractivity contribution is 6.08. The van der Waals surface area contributed by atoms with Crippen LogP contribution in [0.2, 0.25) is 0 Å². The summed E-state index contributed by atoms with van der Waals surface area (Å²) in [5.74, 6) is -0.333. The van der Waals surface area contributed by atoms with Crippen LogP contribution < -0.4 is 0 Å². The van der Waals surface area contributed by atoms with Crippen LogP contribution in [0.3, 0.4) is 0 Å². The number of rotatable bonds is 5. The Labute approximate surface area is 169 Å². The van der Waals surface area contributed by atoms with Crippen LogP contribution in [0, 0.1) is 5.92 Å². The van der Waals surface area contributed by atoms with Crippen molar-refractivity contribution in [3.8, 4) is 0 Å². The molecule has 2 aromatic rings. The summed E-state index contributed by atoms with van der Waals surface area (Å²) in [4.78, 5) is 22.2. The topological polar surface area (TPSA) is 51.5 Å². The first kappa shape index (κ1) is 19.0. The number of halogens is 1. The van der Waals surface area contributed by atoms with Gasteiger partial charge in [-0.1, -0.05) is 30.8 Å². The predicted molar refractivity (Wildman–Crippen MR) is 111 cm³/mol. The van der Waals surface area contributed by atoms with Gasteiger partial charge in [-0.05, 0) is 60.4 Å². The summed E-state index contributed by atoms with van der Waals surface area (Å²) < 4.78 is 14.6. The van der Waals surface area contributed by atoms with E-state index in [1.165, 1.54) is 6.08 Å². The lowest BCUT2D eigenvalue weighted by Crippen LogP contribution is -2.07. The summed E-state index contributed by atoms with van der Waals surface area (Å²) >= 11 is 0. The van der Waals surface area contributed by atoms with Gasteiger partial charge in [0.15, 0.2) is 11.9 Å². The van der Waals surface area contributed by atoms with E-state index in [9.17, 15) is 9.18 Å². The second-order valence-electron chi connectivity index (χ2n) is 7.30. The minimum absolute atomic E-state index is 0.156. The molecule has 1 aromatic carbocycles. The Morgan fingerprint density at radius 3 is 2.83 bits per heavy atom. The summed E-state index contributed by atoms with van der Waals surface area (Å²) in [7, 11) is 0. The smallest absolute Gasteiger partial charge is 0.185 e. The van der Waals surface area contributed by atoms with Crippen LogP contribution >= 0.6 is 0 Å². The van der Waals surface area contributed by atoms with Crippen molar-refractivity contribution in [2.75, 3.05) is 0 Å². The van der Waals surface area contributed by atoms with E-state index in [4.69, 9.17) is 4.84 Å². The van der Waals surface area contributed by atoms with Gasteiger partial charge in [-0.3, -0.25) is 9.78 Å². The van der Waals surface area contributed by atoms with E-state index in [0.29, 0.717) is 28.8 Å². The van der Waals surface area contributed by atoms with Crippen LogP contribution in [0.4, 0.5) is 4.39 Å². The number of carbonyl (C=O) groups excluding carboxylic acids is 1. The normalized spacial score (nSPS) is 21.0. The van der Waals surface area contributed by atoms with Gasteiger partial charge in [0.25, 0.3) is 0 Å². The molecule has 4 nitrogen and oxygen atoms in total. The first-order valence-corrected chi connectivity index (χ1v) is 9.59. The summed E-state index contributed by atoms with van der Waals surface area (Å²) in [5.41, 5.74) is 3.83. The van der Waals surface area contributed by atoms with Crippen LogP contribution in [-0.2, 0) is 4.84 Å². The minimum atomic E-state index is -0.278. The SMILES string of the molecule is C=CC(=O)c1cc(C2=CC[C@@H](C)C=C2F)cc(C2=NOC(c3ccccn3)C2)c1. The largest absolute Gasteiger partial charge is 0.385 e. The number of benzene rings is 1. The molecule has 29 heavy (non-hydrogen) atoms. The van der Waals surface area contributed by atoms with Crippen molar-refractivity contribution in [3.63, 3.8) is 0 Å². The molecule has 1 aliphatic heterocycles. The number of hydrogen-bond acceptors (Lipinski definition) is 4. The molecule has 5 heteroatoms. The fourth-order valence-electron chi connectivity index (χ4n) is 3.55. The molecule has 0 fully saturated rings. The summed E-state index contributed by atoms with van der Waals surface area (Å²) in [6.07, 6.45) is 7.47. The summed E-state index contributed by atoms with van der Waals surface area (Å²) in [6, 6.07) is 11.0. The highest BCUT2D eigenvalue weighted by Crippen LogP contribution is 2.34. The minimum Gasteiger partial charge on any atom is -0.385 e. The van der Waals surface area contributed by atoms with E-state index in [-0.39, 0.29) is 23.6 Å². The van der Waals surface area contributed by atoms with Crippen molar-refractivity contribution in [2.24, 2.45) is 11.1 Å². The Morgan fingerprint density at radius 1 is 1.28 bits per heavy atom. The van der Waals surface area contributed by atoms with E-state index < -0.39 is 0 Å². The van der Waals surface area contributed by atoms with Crippen molar-refractivity contribution >= 4 is 17.1 Å². The lowest BCUT2D eigenvalue weighted by atomic mass is 9.89. The van der Waals surface area contributed by atoms with Crippen LogP contribution in [0.15, 0.2) is 78.4 Å². The fourth-order valence-corrected chi connectivity index (χ4v) is 3.55. The van der Waals surface area contributed by atoms with E-state index in [1.54, 1.807) is 24.4 Å². The van der Waals surface area contributed by atoms with Crippen molar-refractivity contribution in [2.45, 2.75) is 25.9 Å². The Morgan fingerprint density at radius 2 is 2.10 bits per heavy atom. The van der Waals surface area contributed by atoms with Gasteiger partial charge >= 0.3 is 0 Å². The average Bonchev–Trinajstić information content (AvgIpc) is 3.24. The molecule has 2 heterocycles. The molecular formula is C24H21FN2O2. The zero-order chi connectivity index (χ0) is 20.4. The fraction of sp³-hybridized carbons (Fsp3) is 0.208. The maximum atomic E-state index is 14.6. The number of allylic oxidation sites excluding steroid dienone is 5. The van der Waals surface area contributed by atoms with E-state index in [1.807, 2.05) is 37.3 Å². The van der Waals surface area contributed by atoms with E-state index in [2.05, 4.69) is 16.7 Å². The number of carbonyl (C=O) groups is 1. The number of nitrogens with zero attached hydrogens (tertiary/aromatic N) is 2. The van der Waals surface area contributed by atoms with Gasteiger partial charge in [-0.2, -0.15) is 0 Å². The zero-order valence-electron chi connectivity index (χ0n) is 16.1. The van der Waals surface area contributed by atoms with E-state index in [0.717, 1.165) is 17.7 Å². The van der Waals surface area contributed by atoms with Gasteiger partial charge in [0.05, 0.1) is 11.4 Å². The van der Waals surface area contributed by atoms with Crippen molar-refractivity contribution in [3.05, 3.63) is 95.6 Å². The molecule has 0 saturated heterocycles. The molecule has 0 radical (unpaired) electrons. The van der Waals surface area contributed by atoms with Gasteiger partial charge in [0.2, 0.25) is 0 Å². The van der Waals surface area contributed by atoms with Crippen LogP contribution in [0.25, 0.3) is 5.57 Å². The molecule has 1 aromatic heterocycles. The van der Waals surface area contributed by atoms with Gasteiger partial charge in [-0.15, -0.1) is 0 Å². The molecule has 146 valence electrons. The van der Waals surface area contributed by atoms with Crippen LogP contribution in [0.5, 0.6) is 0 Å². The molecular weight excluding hydrogens is 367 g/mol. The van der Waals surface area contributed by atoms with Crippen LogP contribution in [-0.4, -0.2) is 16.5 Å². The predicted octanol–water partition coefficient (Wildman–Crippen LogP) is 5.59. The number of pyridine rings is 1. The standard InChI is InChI=1S/C24H21FN2O2/c1-3-23(28)18-12-16(19-8-7-15(2)10-20(19)25)11-17(13-18)22-14-24(29-27-22)21-6-4-5-9-26-21/h3-6,8-13,15,24H,1,7,14H2,2H3/t15-,24?/m1/s1. The second kappa shape index (κ2) is 7.95. The maximum absolute atomic E-state index is 14.6. The highest BCUT2D eigenvalue weighted by atomic mass is 19.1. The Hall–Kier alpha value is -3.34. The lowest BCUT2D eigenvalue weighted by molar-refractivity contribution is 0.0826. The molecule has 0 amide bonds. The molecule has 2 atom stereocenters. The average molecular weight is 388 g/mol. The molecule has 4 rings (SSSR count). The third kappa shape index (κ3) is 3.94. The third-order valence-corrected chi connectivity index (χ3v) is 5.12. The molecule has 2 aliphatic rings. The molecule has 1 aliphatic carbocycles. The van der Waals surface area contributed by atoms with Gasteiger partial charge in [0, 0.05) is 29.3 Å². The second-order valence-corrected chi connectivity index (χ2v) is 7.30. The zero-order valence-corrected chi connectivity index (χ0v) is 16.1. The maximum Gasteiger partial charge on any atom is 0.185 e. The van der Waals surface area contributed by atoms with Crippen LogP contribution in [0.1, 0.15) is 53.0 Å². The number of oxime groups is 1. The van der Waals surface area contributed by atoms with Crippen molar-refractivity contribution in [1.82, 2.24) is 4.98 Å². The Kier molecular flexibility index (Phi) is 5.21. The molecule has 0 bridgehead atoms.